The van der Waals surface area contributed by atoms with E-state index in [0.717, 1.165) is 0 Å². The maximum Gasteiger partial charge on any atom is 0.320 e. The summed E-state index contributed by atoms with van der Waals surface area (Å²) in [4.78, 5) is 24.8. The molecule has 8 heteroatoms. The highest BCUT2D eigenvalue weighted by molar-refractivity contribution is 5.73. The summed E-state index contributed by atoms with van der Waals surface area (Å²) in [6, 6.07) is 3.11. The molecule has 1 atom stereocenters. The van der Waals surface area contributed by atoms with Gasteiger partial charge in [0, 0.05) is 0 Å². The molecule has 0 radical (unpaired) electrons. The predicted molar refractivity (Wildman–Crippen MR) is 57.8 cm³/mol. The van der Waals surface area contributed by atoms with Gasteiger partial charge < -0.3 is 16.6 Å². The van der Waals surface area contributed by atoms with Crippen LogP contribution in [0.1, 0.15) is 5.56 Å². The van der Waals surface area contributed by atoms with E-state index in [-0.39, 0.29) is 17.9 Å². The zero-order chi connectivity index (χ0) is 13.0. The van der Waals surface area contributed by atoms with E-state index in [1.54, 1.807) is 0 Å². The number of aliphatic carboxylic acids is 1. The van der Waals surface area contributed by atoms with Crippen LogP contribution in [0.25, 0.3) is 0 Å². The summed E-state index contributed by atoms with van der Waals surface area (Å²) in [5.74, 6) is -1.23. The Hall–Kier alpha value is -2.35. The highest BCUT2D eigenvalue weighted by Crippen LogP contribution is 2.23. The van der Waals surface area contributed by atoms with Crippen LogP contribution in [0, 0.1) is 10.1 Å². The summed E-state index contributed by atoms with van der Waals surface area (Å²) in [5.41, 5.74) is 11.5. The van der Waals surface area contributed by atoms with E-state index in [2.05, 4.69) is 4.84 Å². The summed E-state index contributed by atoms with van der Waals surface area (Å²) in [7, 11) is 0. The first-order valence-electron chi connectivity index (χ1n) is 4.59. The van der Waals surface area contributed by atoms with Gasteiger partial charge in [0.05, 0.1) is 5.69 Å². The predicted octanol–water partition coefficient (Wildman–Crippen LogP) is -0.206. The lowest BCUT2D eigenvalue weighted by Crippen LogP contribution is -2.32. The Morgan fingerprint density at radius 2 is 2.24 bits per heavy atom. The van der Waals surface area contributed by atoms with Crippen molar-refractivity contribution in [1.82, 2.24) is 0 Å². The summed E-state index contributed by atoms with van der Waals surface area (Å²) in [6.45, 7) is 0. The molecule has 1 aromatic carbocycles. The smallest absolute Gasteiger partial charge is 0.320 e. The Bertz CT molecular complexity index is 448. The molecule has 0 aliphatic rings. The standard InChI is InChI=1S/C9H11N3O5/c10-6-3-5(4-7(11)9(13)14)1-2-8(6)17-12(15)16/h1-3,7H,4,10-11H2,(H,13,14)/t7-/m0/s1. The van der Waals surface area contributed by atoms with Gasteiger partial charge in [-0.3, -0.25) is 9.63 Å². The number of carboxylic acids is 1. The van der Waals surface area contributed by atoms with E-state index in [1.165, 1.54) is 18.2 Å². The molecule has 0 saturated carbocycles. The fourth-order valence-electron chi connectivity index (χ4n) is 1.23. The molecule has 17 heavy (non-hydrogen) atoms. The second kappa shape index (κ2) is 5.12. The van der Waals surface area contributed by atoms with Crippen molar-refractivity contribution in [3.63, 3.8) is 0 Å². The minimum Gasteiger partial charge on any atom is -0.480 e. The van der Waals surface area contributed by atoms with Crippen LogP contribution in [0.15, 0.2) is 18.2 Å². The maximum atomic E-state index is 10.5. The first-order valence-corrected chi connectivity index (χ1v) is 4.59. The molecule has 0 heterocycles. The minimum absolute atomic E-state index is 0.0526. The Morgan fingerprint density at radius 1 is 1.59 bits per heavy atom. The van der Waals surface area contributed by atoms with Crippen molar-refractivity contribution in [2.24, 2.45) is 5.73 Å². The number of carboxylic acid groups (broad SMARTS) is 1. The summed E-state index contributed by atoms with van der Waals surface area (Å²) < 4.78 is 0. The van der Waals surface area contributed by atoms with E-state index in [1.807, 2.05) is 0 Å². The summed E-state index contributed by atoms with van der Waals surface area (Å²) >= 11 is 0. The van der Waals surface area contributed by atoms with Gasteiger partial charge in [-0.25, -0.2) is 0 Å². The number of anilines is 1. The van der Waals surface area contributed by atoms with Crippen molar-refractivity contribution in [3.05, 3.63) is 33.9 Å². The molecule has 1 rings (SSSR count). The fraction of sp³-hybridized carbons (Fsp3) is 0.222. The van der Waals surface area contributed by atoms with Crippen LogP contribution in [0.2, 0.25) is 0 Å². The summed E-state index contributed by atoms with van der Waals surface area (Å²) in [6.07, 6.45) is 0.0816. The molecule has 8 nitrogen and oxygen atoms in total. The van der Waals surface area contributed by atoms with E-state index < -0.39 is 17.1 Å². The van der Waals surface area contributed by atoms with Crippen LogP contribution in [-0.2, 0) is 11.2 Å². The molecule has 0 aliphatic carbocycles. The number of benzene rings is 1. The van der Waals surface area contributed by atoms with E-state index in [9.17, 15) is 14.9 Å². The van der Waals surface area contributed by atoms with E-state index in [4.69, 9.17) is 16.6 Å². The number of nitrogens with zero attached hydrogens (tertiary/aromatic N) is 1. The number of carbonyl (C=O) groups is 1. The number of nitrogen functional groups attached to an aromatic ring is 1. The van der Waals surface area contributed by atoms with Gasteiger partial charge in [0.2, 0.25) is 0 Å². The third-order valence-electron chi connectivity index (χ3n) is 2.02. The molecule has 0 amide bonds. The van der Waals surface area contributed by atoms with Crippen molar-refractivity contribution < 1.29 is 19.8 Å². The average Bonchev–Trinajstić information content (AvgIpc) is 2.21. The Morgan fingerprint density at radius 3 is 2.71 bits per heavy atom. The molecule has 0 aromatic heterocycles. The Balaban J connectivity index is 2.81. The SMILES string of the molecule is Nc1cc(C[C@H](N)C(=O)O)ccc1O[N+](=O)[O-]. The largest absolute Gasteiger partial charge is 0.480 e. The lowest BCUT2D eigenvalue weighted by atomic mass is 10.1. The van der Waals surface area contributed by atoms with Gasteiger partial charge in [-0.2, -0.15) is 0 Å². The van der Waals surface area contributed by atoms with Crippen LogP contribution >= 0.6 is 0 Å². The molecular weight excluding hydrogens is 230 g/mol. The monoisotopic (exact) mass is 241 g/mol. The average molecular weight is 241 g/mol. The molecule has 5 N–H and O–H groups in total. The van der Waals surface area contributed by atoms with Gasteiger partial charge in [0.25, 0.3) is 5.09 Å². The second-order valence-corrected chi connectivity index (χ2v) is 3.34. The first kappa shape index (κ1) is 12.7. The normalized spacial score (nSPS) is 11.8. The van der Waals surface area contributed by atoms with Crippen molar-refractivity contribution >= 4 is 11.7 Å². The molecule has 0 fully saturated rings. The quantitative estimate of drug-likeness (QED) is 0.368. The highest BCUT2D eigenvalue weighted by atomic mass is 17.0. The van der Waals surface area contributed by atoms with Crippen LogP contribution in [0.5, 0.6) is 5.75 Å². The Labute approximate surface area is 95.9 Å². The van der Waals surface area contributed by atoms with Crippen molar-refractivity contribution in [2.45, 2.75) is 12.5 Å². The zero-order valence-corrected chi connectivity index (χ0v) is 8.70. The second-order valence-electron chi connectivity index (χ2n) is 3.34. The molecule has 1 aromatic rings. The lowest BCUT2D eigenvalue weighted by Gasteiger charge is -2.09. The first-order chi connectivity index (χ1) is 7.90. The number of nitrogens with two attached hydrogens (primary N) is 2. The van der Waals surface area contributed by atoms with Crippen molar-refractivity contribution in [1.29, 1.82) is 0 Å². The van der Waals surface area contributed by atoms with Crippen molar-refractivity contribution in [3.8, 4) is 5.75 Å². The van der Waals surface area contributed by atoms with E-state index in [0.29, 0.717) is 5.56 Å². The fourth-order valence-corrected chi connectivity index (χ4v) is 1.23. The third kappa shape index (κ3) is 3.61. The molecule has 0 unspecified atom stereocenters. The molecule has 0 aliphatic heterocycles. The van der Waals surface area contributed by atoms with Gasteiger partial charge in [-0.1, -0.05) is 6.07 Å². The molecule has 0 bridgehead atoms. The minimum atomic E-state index is -1.13. The molecule has 0 spiro atoms. The maximum absolute atomic E-state index is 10.5. The highest BCUT2D eigenvalue weighted by Gasteiger charge is 2.13. The van der Waals surface area contributed by atoms with Gasteiger partial charge in [0.15, 0.2) is 0 Å². The number of hydrogen-bond acceptors (Lipinski definition) is 6. The van der Waals surface area contributed by atoms with Gasteiger partial charge in [0.1, 0.15) is 11.8 Å². The topological polar surface area (TPSA) is 142 Å². The lowest BCUT2D eigenvalue weighted by molar-refractivity contribution is -0.710. The zero-order valence-electron chi connectivity index (χ0n) is 8.70. The van der Waals surface area contributed by atoms with Gasteiger partial charge in [-0.15, -0.1) is 10.1 Å². The number of rotatable bonds is 5. The van der Waals surface area contributed by atoms with Gasteiger partial charge in [-0.05, 0) is 24.1 Å². The van der Waals surface area contributed by atoms with E-state index >= 15 is 0 Å². The molecular formula is C9H11N3O5. The van der Waals surface area contributed by atoms with Crippen LogP contribution < -0.4 is 16.3 Å². The summed E-state index contributed by atoms with van der Waals surface area (Å²) in [5, 5.41) is 17.7. The third-order valence-corrected chi connectivity index (χ3v) is 2.02. The van der Waals surface area contributed by atoms with Crippen LogP contribution in [0.4, 0.5) is 5.69 Å². The van der Waals surface area contributed by atoms with Crippen LogP contribution in [0.3, 0.4) is 0 Å². The van der Waals surface area contributed by atoms with Crippen LogP contribution in [-0.4, -0.2) is 22.2 Å². The van der Waals surface area contributed by atoms with Crippen molar-refractivity contribution in [2.75, 3.05) is 5.73 Å². The molecule has 92 valence electrons. The van der Waals surface area contributed by atoms with Gasteiger partial charge >= 0.3 is 5.97 Å². The Kier molecular flexibility index (Phi) is 3.83. The number of hydrogen-bond donors (Lipinski definition) is 3. The molecule has 0 saturated heterocycles.